The molecule has 1 fully saturated rings. The van der Waals surface area contributed by atoms with E-state index in [-0.39, 0.29) is 23.8 Å². The number of hydrogen-bond donors (Lipinski definition) is 1. The van der Waals surface area contributed by atoms with Crippen LogP contribution in [0.4, 0.5) is 0 Å². The van der Waals surface area contributed by atoms with Crippen LogP contribution in [0.3, 0.4) is 0 Å². The van der Waals surface area contributed by atoms with E-state index in [1.807, 2.05) is 32.9 Å². The Labute approximate surface area is 138 Å². The van der Waals surface area contributed by atoms with Crippen LogP contribution >= 0.6 is 27.5 Å². The maximum absolute atomic E-state index is 12.2. The van der Waals surface area contributed by atoms with Gasteiger partial charge in [0.25, 0.3) is 0 Å². The molecule has 6 heteroatoms. The van der Waals surface area contributed by atoms with Crippen LogP contribution in [-0.2, 0) is 16.1 Å². The zero-order valence-corrected chi connectivity index (χ0v) is 14.6. The summed E-state index contributed by atoms with van der Waals surface area (Å²) >= 11 is 9.58. The van der Waals surface area contributed by atoms with Crippen LogP contribution < -0.4 is 5.32 Å². The van der Waals surface area contributed by atoms with Crippen molar-refractivity contribution in [3.05, 3.63) is 33.3 Å². The Bertz CT molecular complexity index is 584. The molecule has 114 valence electrons. The summed E-state index contributed by atoms with van der Waals surface area (Å²) in [4.78, 5) is 26.0. The Hall–Kier alpha value is -1.07. The zero-order chi connectivity index (χ0) is 15.8. The average molecular weight is 374 g/mol. The predicted octanol–water partition coefficient (Wildman–Crippen LogP) is 2.98. The number of nitrogens with one attached hydrogen (secondary N) is 1. The molecular weight excluding hydrogens is 356 g/mol. The quantitative estimate of drug-likeness (QED) is 0.866. The van der Waals surface area contributed by atoms with Crippen molar-refractivity contribution in [3.63, 3.8) is 0 Å². The molecule has 1 unspecified atom stereocenters. The topological polar surface area (TPSA) is 49.4 Å². The number of piperazine rings is 1. The first-order valence-electron chi connectivity index (χ1n) is 6.71. The lowest BCUT2D eigenvalue weighted by Gasteiger charge is -2.42. The number of amides is 2. The minimum Gasteiger partial charge on any atom is -0.345 e. The summed E-state index contributed by atoms with van der Waals surface area (Å²) in [7, 11) is 0. The van der Waals surface area contributed by atoms with Crippen molar-refractivity contribution in [2.24, 2.45) is 5.41 Å². The van der Waals surface area contributed by atoms with Crippen molar-refractivity contribution < 1.29 is 9.59 Å². The number of halogens is 2. The fraction of sp³-hybridized carbons (Fsp3) is 0.467. The van der Waals surface area contributed by atoms with E-state index in [0.717, 1.165) is 10.0 Å². The van der Waals surface area contributed by atoms with Crippen molar-refractivity contribution in [1.82, 2.24) is 10.2 Å². The fourth-order valence-corrected chi connectivity index (χ4v) is 3.25. The van der Waals surface area contributed by atoms with Gasteiger partial charge in [0.2, 0.25) is 11.8 Å². The zero-order valence-electron chi connectivity index (χ0n) is 12.2. The molecule has 1 heterocycles. The Morgan fingerprint density at radius 2 is 2.05 bits per heavy atom. The lowest BCUT2D eigenvalue weighted by atomic mass is 9.83. The summed E-state index contributed by atoms with van der Waals surface area (Å²) in [5.41, 5.74) is 0.485. The van der Waals surface area contributed by atoms with Crippen LogP contribution in [-0.4, -0.2) is 29.3 Å². The highest BCUT2D eigenvalue weighted by Crippen LogP contribution is 2.30. The van der Waals surface area contributed by atoms with Crippen molar-refractivity contribution in [3.8, 4) is 0 Å². The highest BCUT2D eigenvalue weighted by atomic mass is 79.9. The standard InChI is InChI=1S/C15H18BrClN2O2/c1-15(2,3)13-14(21)18-7-12(20)19(13)8-9-4-5-10(16)6-11(9)17/h4-6,13H,7-8H2,1-3H3,(H,18,21). The number of nitrogens with zero attached hydrogens (tertiary/aromatic N) is 1. The average Bonchev–Trinajstić information content (AvgIpc) is 2.35. The van der Waals surface area contributed by atoms with Crippen molar-refractivity contribution in [2.75, 3.05) is 6.54 Å². The molecule has 0 saturated carbocycles. The van der Waals surface area contributed by atoms with E-state index >= 15 is 0 Å². The van der Waals surface area contributed by atoms with Gasteiger partial charge < -0.3 is 10.2 Å². The van der Waals surface area contributed by atoms with Gasteiger partial charge in [-0.3, -0.25) is 9.59 Å². The molecule has 0 aromatic heterocycles. The van der Waals surface area contributed by atoms with Gasteiger partial charge in [-0.25, -0.2) is 0 Å². The molecule has 21 heavy (non-hydrogen) atoms. The molecule has 1 atom stereocenters. The van der Waals surface area contributed by atoms with Gasteiger partial charge in [-0.05, 0) is 23.1 Å². The molecule has 1 N–H and O–H groups in total. The van der Waals surface area contributed by atoms with Gasteiger partial charge in [0, 0.05) is 16.0 Å². The molecule has 2 rings (SSSR count). The molecule has 4 nitrogen and oxygen atoms in total. The number of rotatable bonds is 2. The molecule has 1 aromatic carbocycles. The highest BCUT2D eigenvalue weighted by molar-refractivity contribution is 9.10. The predicted molar refractivity (Wildman–Crippen MR) is 86.0 cm³/mol. The maximum atomic E-state index is 12.2. The van der Waals surface area contributed by atoms with Gasteiger partial charge in [0.1, 0.15) is 6.04 Å². The number of hydrogen-bond acceptors (Lipinski definition) is 2. The van der Waals surface area contributed by atoms with Crippen LogP contribution in [0.2, 0.25) is 5.02 Å². The normalized spacial score (nSPS) is 19.7. The van der Waals surface area contributed by atoms with Crippen LogP contribution in [0.25, 0.3) is 0 Å². The molecule has 0 spiro atoms. The summed E-state index contributed by atoms with van der Waals surface area (Å²) in [6, 6.07) is 5.03. The second kappa shape index (κ2) is 5.97. The third-order valence-electron chi connectivity index (χ3n) is 3.47. The van der Waals surface area contributed by atoms with Gasteiger partial charge in [-0.2, -0.15) is 0 Å². The minimum atomic E-state index is -0.501. The van der Waals surface area contributed by atoms with E-state index in [4.69, 9.17) is 11.6 Å². The second-order valence-corrected chi connectivity index (χ2v) is 7.57. The van der Waals surface area contributed by atoms with E-state index in [1.165, 1.54) is 0 Å². The van der Waals surface area contributed by atoms with Crippen molar-refractivity contribution >= 4 is 39.3 Å². The van der Waals surface area contributed by atoms with Gasteiger partial charge in [0.15, 0.2) is 0 Å². The number of carbonyl (C=O) groups is 2. The largest absolute Gasteiger partial charge is 0.345 e. The first-order valence-corrected chi connectivity index (χ1v) is 7.88. The molecule has 0 radical (unpaired) electrons. The number of benzene rings is 1. The van der Waals surface area contributed by atoms with E-state index in [1.54, 1.807) is 11.0 Å². The monoisotopic (exact) mass is 372 g/mol. The first-order chi connectivity index (χ1) is 9.70. The molecule has 0 aliphatic carbocycles. The third-order valence-corrected chi connectivity index (χ3v) is 4.32. The molecule has 1 aromatic rings. The van der Waals surface area contributed by atoms with Crippen molar-refractivity contribution in [2.45, 2.75) is 33.4 Å². The van der Waals surface area contributed by atoms with E-state index in [0.29, 0.717) is 11.6 Å². The molecular formula is C15H18BrClN2O2. The van der Waals surface area contributed by atoms with E-state index in [9.17, 15) is 9.59 Å². The Morgan fingerprint density at radius 1 is 1.38 bits per heavy atom. The van der Waals surface area contributed by atoms with Gasteiger partial charge in [-0.1, -0.05) is 54.4 Å². The SMILES string of the molecule is CC(C)(C)C1C(=O)NCC(=O)N1Cc1ccc(Br)cc1Cl. The Kier molecular flexibility index (Phi) is 4.63. The summed E-state index contributed by atoms with van der Waals surface area (Å²) in [5.74, 6) is -0.205. The third kappa shape index (κ3) is 3.58. The van der Waals surface area contributed by atoms with Crippen LogP contribution in [0.15, 0.2) is 22.7 Å². The smallest absolute Gasteiger partial charge is 0.243 e. The van der Waals surface area contributed by atoms with Gasteiger partial charge in [-0.15, -0.1) is 0 Å². The molecule has 1 aliphatic heterocycles. The summed E-state index contributed by atoms with van der Waals surface area (Å²) in [6.45, 7) is 6.23. The Morgan fingerprint density at radius 3 is 2.62 bits per heavy atom. The van der Waals surface area contributed by atoms with E-state index < -0.39 is 6.04 Å². The first kappa shape index (κ1) is 16.3. The molecule has 1 saturated heterocycles. The minimum absolute atomic E-state index is 0.0412. The summed E-state index contributed by atoms with van der Waals surface area (Å²) < 4.78 is 0.881. The fourth-order valence-electron chi connectivity index (χ4n) is 2.52. The lowest BCUT2D eigenvalue weighted by molar-refractivity contribution is -0.150. The second-order valence-electron chi connectivity index (χ2n) is 6.24. The molecule has 0 bridgehead atoms. The summed E-state index contributed by atoms with van der Waals surface area (Å²) in [5, 5.41) is 3.24. The van der Waals surface area contributed by atoms with Crippen LogP contribution in [0.1, 0.15) is 26.3 Å². The Balaban J connectivity index is 2.33. The molecule has 1 aliphatic rings. The van der Waals surface area contributed by atoms with Gasteiger partial charge in [0.05, 0.1) is 6.54 Å². The van der Waals surface area contributed by atoms with E-state index in [2.05, 4.69) is 21.2 Å². The number of carbonyl (C=O) groups excluding carboxylic acids is 2. The highest BCUT2D eigenvalue weighted by Gasteiger charge is 2.42. The summed E-state index contributed by atoms with van der Waals surface area (Å²) in [6.07, 6.45) is 0. The molecule has 2 amide bonds. The van der Waals surface area contributed by atoms with Gasteiger partial charge >= 0.3 is 0 Å². The maximum Gasteiger partial charge on any atom is 0.243 e. The van der Waals surface area contributed by atoms with Crippen LogP contribution in [0, 0.1) is 5.41 Å². The van der Waals surface area contributed by atoms with Crippen LogP contribution in [0.5, 0.6) is 0 Å². The lowest BCUT2D eigenvalue weighted by Crippen LogP contribution is -2.62. The van der Waals surface area contributed by atoms with Crippen molar-refractivity contribution in [1.29, 1.82) is 0 Å².